The second-order valence-corrected chi connectivity index (χ2v) is 10.2. The average Bonchev–Trinajstić information content (AvgIpc) is 3.30. The van der Waals surface area contributed by atoms with Crippen molar-refractivity contribution in [3.8, 4) is 11.6 Å². The summed E-state index contributed by atoms with van der Waals surface area (Å²) in [5.41, 5.74) is 3.86. The number of fused-ring (bicyclic) bond motifs is 4. The van der Waals surface area contributed by atoms with E-state index in [4.69, 9.17) is 9.47 Å². The summed E-state index contributed by atoms with van der Waals surface area (Å²) in [6.07, 6.45) is 3.99. The van der Waals surface area contributed by atoms with Crippen LogP contribution in [0.15, 0.2) is 35.4 Å². The molecule has 0 saturated carbocycles. The van der Waals surface area contributed by atoms with Gasteiger partial charge in [-0.3, -0.25) is 9.78 Å². The molecule has 6 rings (SSSR count). The number of hydrogen-bond donors (Lipinski definition) is 2. The number of carbonyl (C=O) groups is 1. The lowest BCUT2D eigenvalue weighted by Gasteiger charge is -2.33. The van der Waals surface area contributed by atoms with Gasteiger partial charge in [0.15, 0.2) is 0 Å². The Kier molecular flexibility index (Phi) is 6.17. The molecule has 0 aromatic carbocycles. The third kappa shape index (κ3) is 4.65. The molecule has 3 aromatic rings. The number of aromatic nitrogens is 3. The number of nitrogens with one attached hydrogen (secondary N) is 2. The van der Waals surface area contributed by atoms with Gasteiger partial charge in [-0.15, -0.1) is 11.8 Å². The maximum absolute atomic E-state index is 11.6. The molecule has 3 aliphatic rings. The molecule has 0 unspecified atom stereocenters. The summed E-state index contributed by atoms with van der Waals surface area (Å²) in [5, 5.41) is 6.53. The highest BCUT2D eigenvalue weighted by Crippen LogP contribution is 2.39. The molecule has 10 heteroatoms. The fraction of sp³-hybridized carbons (Fsp3) is 0.440. The van der Waals surface area contributed by atoms with Crippen LogP contribution in [0, 0.1) is 0 Å². The molecule has 182 valence electrons. The zero-order valence-electron chi connectivity index (χ0n) is 19.6. The smallest absolute Gasteiger partial charge is 0.235 e. The minimum absolute atomic E-state index is 0.0157. The molecule has 1 atom stereocenters. The van der Waals surface area contributed by atoms with E-state index in [0.717, 1.165) is 65.4 Å². The lowest BCUT2D eigenvalue weighted by Crippen LogP contribution is -2.43. The maximum atomic E-state index is 11.6. The van der Waals surface area contributed by atoms with Gasteiger partial charge in [0.1, 0.15) is 17.1 Å². The molecule has 0 aliphatic carbocycles. The van der Waals surface area contributed by atoms with Crippen LogP contribution in [0.4, 0.5) is 5.82 Å². The molecule has 0 bridgehead atoms. The number of hydrogen-bond acceptors (Lipinski definition) is 9. The van der Waals surface area contributed by atoms with E-state index in [-0.39, 0.29) is 11.8 Å². The third-order valence-corrected chi connectivity index (χ3v) is 7.96. The average molecular weight is 493 g/mol. The van der Waals surface area contributed by atoms with Gasteiger partial charge in [0.2, 0.25) is 11.8 Å². The molecular weight excluding hydrogens is 464 g/mol. The van der Waals surface area contributed by atoms with Crippen LogP contribution < -0.4 is 20.1 Å². The number of carbonyl (C=O) groups excluding carboxylic acids is 1. The zero-order chi connectivity index (χ0) is 23.8. The van der Waals surface area contributed by atoms with Crippen molar-refractivity contribution < 1.29 is 14.3 Å². The molecule has 9 nitrogen and oxygen atoms in total. The number of thioether (sulfide) groups is 1. The number of piperidine rings is 1. The van der Waals surface area contributed by atoms with Gasteiger partial charge in [-0.1, -0.05) is 0 Å². The van der Waals surface area contributed by atoms with Crippen LogP contribution in [0.1, 0.15) is 30.0 Å². The molecule has 0 spiro atoms. The minimum atomic E-state index is 0.0157. The first kappa shape index (κ1) is 22.5. The number of amides is 1. The van der Waals surface area contributed by atoms with Crippen LogP contribution in [-0.4, -0.2) is 70.9 Å². The largest absolute Gasteiger partial charge is 0.491 e. The molecular formula is C25H28N6O3S. The quantitative estimate of drug-likeness (QED) is 0.538. The normalized spacial score (nSPS) is 20.3. The van der Waals surface area contributed by atoms with Gasteiger partial charge in [-0.2, -0.15) is 0 Å². The number of nitrogens with zero attached hydrogens (tertiary/aromatic N) is 4. The topological polar surface area (TPSA) is 102 Å². The summed E-state index contributed by atoms with van der Waals surface area (Å²) in [6, 6.07) is 8.36. The lowest BCUT2D eigenvalue weighted by molar-refractivity contribution is -0.113. The Balaban J connectivity index is 1.05. The van der Waals surface area contributed by atoms with E-state index in [2.05, 4.69) is 36.6 Å². The van der Waals surface area contributed by atoms with E-state index in [1.54, 1.807) is 7.11 Å². The van der Waals surface area contributed by atoms with Crippen LogP contribution in [0.5, 0.6) is 11.6 Å². The molecule has 2 N–H and O–H groups in total. The van der Waals surface area contributed by atoms with Crippen LogP contribution in [0.2, 0.25) is 0 Å². The van der Waals surface area contributed by atoms with E-state index < -0.39 is 0 Å². The fourth-order valence-electron chi connectivity index (χ4n) is 5.07. The summed E-state index contributed by atoms with van der Waals surface area (Å²) in [4.78, 5) is 29.0. The third-order valence-electron chi connectivity index (χ3n) is 6.92. The van der Waals surface area contributed by atoms with Crippen LogP contribution in [-0.2, 0) is 11.3 Å². The summed E-state index contributed by atoms with van der Waals surface area (Å²) in [5.74, 6) is 2.87. The Hall–Kier alpha value is -2.95. The number of likely N-dealkylation sites (tertiary alicyclic amines) is 1. The summed E-state index contributed by atoms with van der Waals surface area (Å²) in [6.45, 7) is 4.38. The van der Waals surface area contributed by atoms with Crippen molar-refractivity contribution >= 4 is 34.5 Å². The van der Waals surface area contributed by atoms with Gasteiger partial charge in [-0.25, -0.2) is 9.97 Å². The van der Waals surface area contributed by atoms with Crippen molar-refractivity contribution in [1.29, 1.82) is 0 Å². The van der Waals surface area contributed by atoms with Gasteiger partial charge in [0.05, 0.1) is 41.8 Å². The van der Waals surface area contributed by atoms with E-state index in [9.17, 15) is 4.79 Å². The Morgan fingerprint density at radius 3 is 2.97 bits per heavy atom. The monoisotopic (exact) mass is 492 g/mol. The Morgan fingerprint density at radius 2 is 2.11 bits per heavy atom. The van der Waals surface area contributed by atoms with E-state index in [1.165, 1.54) is 11.8 Å². The summed E-state index contributed by atoms with van der Waals surface area (Å²) >= 11 is 1.54. The molecule has 0 radical (unpaired) electrons. The number of ether oxygens (including phenoxy) is 2. The Labute approximate surface area is 208 Å². The van der Waals surface area contributed by atoms with E-state index >= 15 is 0 Å². The molecule has 35 heavy (non-hydrogen) atoms. The first-order chi connectivity index (χ1) is 17.2. The van der Waals surface area contributed by atoms with Crippen molar-refractivity contribution in [2.45, 2.75) is 36.2 Å². The molecule has 6 heterocycles. The highest BCUT2D eigenvalue weighted by atomic mass is 32.2. The molecule has 1 fully saturated rings. The standard InChI is InChI=1S/C25H28N6O3S/c1-33-22-5-3-18-24(30-22)23-15(13-34-19(23)11-27-18)12-31-8-6-16(7-9-31)26-10-17-2-4-20-25(28-17)29-21(32)14-35-20/h2-5,11,15-16,26H,6-10,12-14H2,1H3,(H,28,29,32)/t15-/m0/s1. The number of anilines is 1. The lowest BCUT2D eigenvalue weighted by atomic mass is 9.97. The van der Waals surface area contributed by atoms with Gasteiger partial charge in [0, 0.05) is 36.7 Å². The van der Waals surface area contributed by atoms with Crippen molar-refractivity contribution in [2.75, 3.05) is 44.4 Å². The maximum Gasteiger partial charge on any atom is 0.235 e. The highest BCUT2D eigenvalue weighted by Gasteiger charge is 2.31. The Bertz CT molecular complexity index is 1260. The number of rotatable bonds is 6. The first-order valence-electron chi connectivity index (χ1n) is 12.0. The van der Waals surface area contributed by atoms with E-state index in [0.29, 0.717) is 36.6 Å². The number of pyridine rings is 3. The summed E-state index contributed by atoms with van der Waals surface area (Å²) < 4.78 is 11.3. The molecule has 3 aliphatic heterocycles. The van der Waals surface area contributed by atoms with Gasteiger partial charge in [-0.05, 0) is 44.1 Å². The van der Waals surface area contributed by atoms with Crippen LogP contribution >= 0.6 is 11.8 Å². The van der Waals surface area contributed by atoms with Gasteiger partial charge < -0.3 is 25.0 Å². The molecule has 1 saturated heterocycles. The predicted molar refractivity (Wildman–Crippen MR) is 134 cm³/mol. The minimum Gasteiger partial charge on any atom is -0.491 e. The van der Waals surface area contributed by atoms with E-state index in [1.807, 2.05) is 24.4 Å². The van der Waals surface area contributed by atoms with Crippen LogP contribution in [0.3, 0.4) is 0 Å². The van der Waals surface area contributed by atoms with Crippen molar-refractivity contribution in [2.24, 2.45) is 0 Å². The fourth-order valence-corrected chi connectivity index (χ4v) is 5.83. The molecule has 1 amide bonds. The summed E-state index contributed by atoms with van der Waals surface area (Å²) in [7, 11) is 1.63. The zero-order valence-corrected chi connectivity index (χ0v) is 20.4. The SMILES string of the molecule is COc1ccc2ncc3c(c2n1)[C@@H](CN1CCC(NCc2ccc4c(n2)NC(=O)CS4)CC1)CO3. The van der Waals surface area contributed by atoms with Crippen LogP contribution in [0.25, 0.3) is 11.0 Å². The van der Waals surface area contributed by atoms with Gasteiger partial charge >= 0.3 is 0 Å². The molecule has 3 aromatic heterocycles. The van der Waals surface area contributed by atoms with Crippen molar-refractivity contribution in [3.63, 3.8) is 0 Å². The Morgan fingerprint density at radius 1 is 1.23 bits per heavy atom. The highest BCUT2D eigenvalue weighted by molar-refractivity contribution is 8.00. The van der Waals surface area contributed by atoms with Gasteiger partial charge in [0.25, 0.3) is 0 Å². The second kappa shape index (κ2) is 9.60. The second-order valence-electron chi connectivity index (χ2n) is 9.21. The number of methoxy groups -OCH3 is 1. The van der Waals surface area contributed by atoms with Crippen molar-refractivity contribution in [1.82, 2.24) is 25.2 Å². The van der Waals surface area contributed by atoms with Crippen molar-refractivity contribution in [3.05, 3.63) is 41.7 Å². The first-order valence-corrected chi connectivity index (χ1v) is 13.0. The predicted octanol–water partition coefficient (Wildman–Crippen LogP) is 2.81.